The molecule has 0 saturated heterocycles. The van der Waals surface area contributed by atoms with Gasteiger partial charge in [0.25, 0.3) is 7.82 Å². The highest BCUT2D eigenvalue weighted by Gasteiger charge is 2.23. The van der Waals surface area contributed by atoms with Crippen molar-refractivity contribution in [2.75, 3.05) is 40.9 Å². The summed E-state index contributed by atoms with van der Waals surface area (Å²) in [5, 5.41) is 13.9. The Balaban J connectivity index is 3.96. The van der Waals surface area contributed by atoms with E-state index in [-0.39, 0.29) is 12.5 Å². The first kappa shape index (κ1) is 74.9. The van der Waals surface area contributed by atoms with Gasteiger partial charge in [0, 0.05) is 6.42 Å². The summed E-state index contributed by atoms with van der Waals surface area (Å²) >= 11 is 0. The van der Waals surface area contributed by atoms with Gasteiger partial charge in [-0.25, -0.2) is 0 Å². The van der Waals surface area contributed by atoms with Gasteiger partial charge in [-0.05, 0) is 83.5 Å². The number of rotatable bonds is 60. The molecule has 0 aliphatic heterocycles. The van der Waals surface area contributed by atoms with E-state index in [1.54, 1.807) is 6.08 Å². The Morgan fingerprint density at radius 3 is 1.14 bits per heavy atom. The normalized spacial score (nSPS) is 14.2. The molecule has 0 radical (unpaired) electrons. The van der Waals surface area contributed by atoms with Crippen LogP contribution in [0.15, 0.2) is 72.9 Å². The highest BCUT2D eigenvalue weighted by molar-refractivity contribution is 7.45. The Kier molecular flexibility index (Phi) is 57.0. The number of carbonyl (C=O) groups is 1. The van der Waals surface area contributed by atoms with Crippen LogP contribution in [0.4, 0.5) is 0 Å². The standard InChI is InChI=1S/C68H127N2O6P/c1-6-8-10-12-14-16-18-20-22-24-25-26-27-28-29-30-31-32-33-34-35-36-37-38-39-40-41-42-43-44-45-46-48-50-52-54-56-58-60-62-68(72)69-66(65-76-77(73,74)75-64-63-70(3,4)5)67(71)61-59-57-55-53-51-49-47-23-21-19-17-15-13-11-9-7-2/h18,20-21,23-25,27-28,51,53,59,61,66-67,71H,6-17,19,22,26,29-50,52,54-58,60,62-65H2,1-5H3,(H-,69,72,73,74)/b20-18-,23-21+,25-24-,28-27-,53-51+,61-59+. The van der Waals surface area contributed by atoms with E-state index >= 15 is 0 Å². The Bertz CT molecular complexity index is 1480. The van der Waals surface area contributed by atoms with Crippen molar-refractivity contribution in [1.29, 1.82) is 0 Å². The Hall–Kier alpha value is -2.06. The van der Waals surface area contributed by atoms with Crippen LogP contribution in [0.2, 0.25) is 0 Å². The molecule has 0 spiro atoms. The summed E-state index contributed by atoms with van der Waals surface area (Å²) in [5.74, 6) is -0.208. The molecule has 0 aromatic heterocycles. The van der Waals surface area contributed by atoms with E-state index in [0.29, 0.717) is 17.4 Å². The molecule has 2 N–H and O–H groups in total. The number of aliphatic hydroxyl groups excluding tert-OH is 1. The van der Waals surface area contributed by atoms with Gasteiger partial charge in [0.1, 0.15) is 13.2 Å². The van der Waals surface area contributed by atoms with Crippen molar-refractivity contribution in [2.45, 2.75) is 315 Å². The van der Waals surface area contributed by atoms with Gasteiger partial charge in [-0.15, -0.1) is 0 Å². The fourth-order valence-electron chi connectivity index (χ4n) is 9.49. The second-order valence-electron chi connectivity index (χ2n) is 23.4. The second kappa shape index (κ2) is 58.6. The number of allylic oxidation sites excluding steroid dienone is 11. The molecule has 3 atom stereocenters. The van der Waals surface area contributed by atoms with E-state index in [4.69, 9.17) is 9.05 Å². The number of amides is 1. The lowest BCUT2D eigenvalue weighted by Gasteiger charge is -2.29. The van der Waals surface area contributed by atoms with Gasteiger partial charge >= 0.3 is 0 Å². The van der Waals surface area contributed by atoms with Crippen LogP contribution in [0.5, 0.6) is 0 Å². The lowest BCUT2D eigenvalue weighted by atomic mass is 10.0. The monoisotopic (exact) mass is 1100 g/mol. The summed E-state index contributed by atoms with van der Waals surface area (Å²) in [6.07, 6.45) is 81.7. The van der Waals surface area contributed by atoms with Crippen LogP contribution in [-0.2, 0) is 18.4 Å². The summed E-state index contributed by atoms with van der Waals surface area (Å²) in [6.45, 7) is 4.62. The van der Waals surface area contributed by atoms with Crippen LogP contribution in [0.1, 0.15) is 303 Å². The molecule has 1 amide bonds. The molecule has 0 rings (SSSR count). The smallest absolute Gasteiger partial charge is 0.268 e. The zero-order valence-corrected chi connectivity index (χ0v) is 52.3. The van der Waals surface area contributed by atoms with Gasteiger partial charge < -0.3 is 28.8 Å². The van der Waals surface area contributed by atoms with Crippen LogP contribution in [0, 0.1) is 0 Å². The van der Waals surface area contributed by atoms with Gasteiger partial charge in [-0.2, -0.15) is 0 Å². The van der Waals surface area contributed by atoms with Crippen molar-refractivity contribution >= 4 is 13.7 Å². The maximum Gasteiger partial charge on any atom is 0.268 e. The van der Waals surface area contributed by atoms with Crippen LogP contribution in [-0.4, -0.2) is 68.5 Å². The summed E-state index contributed by atoms with van der Waals surface area (Å²) in [7, 11) is 1.24. The quantitative estimate of drug-likeness (QED) is 0.0272. The molecule has 9 heteroatoms. The van der Waals surface area contributed by atoms with E-state index in [2.05, 4.69) is 79.9 Å². The molecule has 0 saturated carbocycles. The van der Waals surface area contributed by atoms with Gasteiger partial charge in [-0.1, -0.05) is 286 Å². The minimum atomic E-state index is -4.61. The second-order valence-corrected chi connectivity index (χ2v) is 24.9. The lowest BCUT2D eigenvalue weighted by Crippen LogP contribution is -2.45. The van der Waals surface area contributed by atoms with E-state index in [9.17, 15) is 19.4 Å². The SMILES string of the molecule is CCCCCCC/C=C\C/C=C\C/C=C\CCCCCCCCCCCCCCCCCCCCCCCCCCC(=O)NC(COP(=O)([O-])OCC[N+](C)(C)C)C(O)/C=C/CC/C=C/CC/C=C/CCCCCCCC. The predicted octanol–water partition coefficient (Wildman–Crippen LogP) is 20.0. The lowest BCUT2D eigenvalue weighted by molar-refractivity contribution is -0.870. The first-order chi connectivity index (χ1) is 37.5. The van der Waals surface area contributed by atoms with Crippen molar-refractivity contribution in [3.8, 4) is 0 Å². The minimum Gasteiger partial charge on any atom is -0.756 e. The number of phosphoric acid groups is 1. The fraction of sp³-hybridized carbons (Fsp3) is 0.809. The molecule has 0 aliphatic rings. The average Bonchev–Trinajstić information content (AvgIpc) is 3.39. The average molecular weight is 1100 g/mol. The number of likely N-dealkylation sites (N-methyl/N-ethyl adjacent to an activating group) is 1. The molecule has 0 aromatic rings. The molecule has 0 aliphatic carbocycles. The zero-order valence-electron chi connectivity index (χ0n) is 51.4. The maximum absolute atomic E-state index is 13.0. The molecule has 0 fully saturated rings. The molecule has 0 bridgehead atoms. The molecular formula is C68H127N2O6P. The molecule has 3 unspecified atom stereocenters. The topological polar surface area (TPSA) is 108 Å². The maximum atomic E-state index is 13.0. The van der Waals surface area contributed by atoms with Crippen molar-refractivity contribution < 1.29 is 32.9 Å². The van der Waals surface area contributed by atoms with Crippen LogP contribution in [0.3, 0.4) is 0 Å². The molecular weight excluding hydrogens is 972 g/mol. The number of unbranched alkanes of at least 4 members (excludes halogenated alkanes) is 37. The van der Waals surface area contributed by atoms with Crippen molar-refractivity contribution in [2.24, 2.45) is 0 Å². The van der Waals surface area contributed by atoms with Crippen molar-refractivity contribution in [3.05, 3.63) is 72.9 Å². The zero-order chi connectivity index (χ0) is 56.3. The molecule has 0 heterocycles. The van der Waals surface area contributed by atoms with E-state index in [1.807, 2.05) is 27.2 Å². The van der Waals surface area contributed by atoms with Crippen LogP contribution >= 0.6 is 7.82 Å². The number of nitrogens with zero attached hydrogens (tertiary/aromatic N) is 1. The van der Waals surface area contributed by atoms with E-state index < -0.39 is 26.6 Å². The summed E-state index contributed by atoms with van der Waals surface area (Å²) in [4.78, 5) is 25.5. The van der Waals surface area contributed by atoms with Gasteiger partial charge in [0.2, 0.25) is 5.91 Å². The third-order valence-electron chi connectivity index (χ3n) is 14.6. The highest BCUT2D eigenvalue weighted by atomic mass is 31.2. The number of hydrogen-bond acceptors (Lipinski definition) is 6. The Labute approximate surface area is 478 Å². The van der Waals surface area contributed by atoms with E-state index in [1.165, 1.54) is 225 Å². The number of carbonyl (C=O) groups excluding carboxylic acids is 1. The van der Waals surface area contributed by atoms with Crippen LogP contribution in [0.25, 0.3) is 0 Å². The summed E-state index contributed by atoms with van der Waals surface area (Å²) in [6, 6.07) is -0.911. The molecule has 0 aromatic carbocycles. The summed E-state index contributed by atoms with van der Waals surface area (Å²) < 4.78 is 23.3. The first-order valence-corrected chi connectivity index (χ1v) is 34.3. The third-order valence-corrected chi connectivity index (χ3v) is 15.6. The van der Waals surface area contributed by atoms with Gasteiger partial charge in [-0.3, -0.25) is 9.36 Å². The minimum absolute atomic E-state index is 0.00944. The number of nitrogens with one attached hydrogen (secondary N) is 1. The number of quaternary nitrogens is 1. The van der Waals surface area contributed by atoms with Crippen molar-refractivity contribution in [1.82, 2.24) is 5.32 Å². The first-order valence-electron chi connectivity index (χ1n) is 32.8. The largest absolute Gasteiger partial charge is 0.756 e. The molecule has 77 heavy (non-hydrogen) atoms. The number of hydrogen-bond donors (Lipinski definition) is 2. The fourth-order valence-corrected chi connectivity index (χ4v) is 10.2. The Morgan fingerprint density at radius 2 is 0.766 bits per heavy atom. The Morgan fingerprint density at radius 1 is 0.455 bits per heavy atom. The third kappa shape index (κ3) is 61.4. The summed E-state index contributed by atoms with van der Waals surface area (Å²) in [5.41, 5.74) is 0. The van der Waals surface area contributed by atoms with Gasteiger partial charge in [0.05, 0.1) is 39.9 Å². The van der Waals surface area contributed by atoms with Gasteiger partial charge in [0.15, 0.2) is 0 Å². The number of phosphoric ester groups is 1. The predicted molar refractivity (Wildman–Crippen MR) is 334 cm³/mol. The highest BCUT2D eigenvalue weighted by Crippen LogP contribution is 2.38. The van der Waals surface area contributed by atoms with E-state index in [0.717, 1.165) is 57.8 Å². The molecule has 8 nitrogen and oxygen atoms in total. The molecule has 450 valence electrons. The number of aliphatic hydroxyl groups is 1. The van der Waals surface area contributed by atoms with Crippen LogP contribution < -0.4 is 10.2 Å². The van der Waals surface area contributed by atoms with Crippen molar-refractivity contribution in [3.63, 3.8) is 0 Å².